The van der Waals surface area contributed by atoms with E-state index in [-0.39, 0.29) is 62.6 Å². The number of thiol groups is 1. The van der Waals surface area contributed by atoms with Gasteiger partial charge in [0.05, 0.1) is 5.25 Å². The number of carbonyl (C=O) groups is 7. The number of hydrogen-bond donors (Lipinski definition) is 7. The second-order valence-corrected chi connectivity index (χ2v) is 13.9. The molecular formula is C38H64N6O9S. The van der Waals surface area contributed by atoms with Gasteiger partial charge in [0.1, 0.15) is 18.7 Å². The highest BCUT2D eigenvalue weighted by Crippen LogP contribution is 2.19. The molecule has 0 saturated carbocycles. The number of anilines is 1. The highest BCUT2D eigenvalue weighted by molar-refractivity contribution is 7.81. The van der Waals surface area contributed by atoms with Crippen LogP contribution in [0.15, 0.2) is 24.3 Å². The summed E-state index contributed by atoms with van der Waals surface area (Å²) in [5.74, 6) is -2.31. The number of nitrogens with one attached hydrogen (secondary N) is 4. The van der Waals surface area contributed by atoms with Crippen LogP contribution in [-0.2, 0) is 35.3 Å². The highest BCUT2D eigenvalue weighted by Gasteiger charge is 2.35. The van der Waals surface area contributed by atoms with E-state index in [2.05, 4.69) is 66.3 Å². The molecule has 2 unspecified atom stereocenters. The lowest BCUT2D eigenvalue weighted by atomic mass is 10.0. The van der Waals surface area contributed by atoms with Gasteiger partial charge in [0, 0.05) is 31.6 Å². The molecule has 2 rings (SSSR count). The van der Waals surface area contributed by atoms with Crippen molar-refractivity contribution in [3.8, 4) is 0 Å². The molecule has 7 N–H and O–H groups in total. The van der Waals surface area contributed by atoms with E-state index in [4.69, 9.17) is 10.8 Å². The van der Waals surface area contributed by atoms with E-state index in [1.165, 1.54) is 37.0 Å². The third kappa shape index (κ3) is 22.0. The molecule has 0 spiro atoms. The fourth-order valence-electron chi connectivity index (χ4n) is 4.87. The Morgan fingerprint density at radius 2 is 1.52 bits per heavy atom. The number of urea groups is 1. The zero-order valence-corrected chi connectivity index (χ0v) is 33.8. The van der Waals surface area contributed by atoms with E-state index in [1.54, 1.807) is 38.1 Å². The lowest BCUT2D eigenvalue weighted by Gasteiger charge is -2.25. The first-order valence-corrected chi connectivity index (χ1v) is 19.5. The molecule has 1 aromatic rings. The van der Waals surface area contributed by atoms with Gasteiger partial charge in [-0.1, -0.05) is 92.2 Å². The first-order chi connectivity index (χ1) is 25.6. The van der Waals surface area contributed by atoms with Crippen LogP contribution >= 0.6 is 12.6 Å². The Balaban J connectivity index is 0.00000278. The van der Waals surface area contributed by atoms with Crippen LogP contribution in [0.25, 0.3) is 0 Å². The molecule has 1 heterocycles. The van der Waals surface area contributed by atoms with Gasteiger partial charge in [0.25, 0.3) is 0 Å². The van der Waals surface area contributed by atoms with E-state index in [0.717, 1.165) is 0 Å². The SMILES string of the molecule is CC(C)C(NC(=O)CCCCCN1C(=O)CC(S)C1=O)C(=O)N[C@@H](CCCNC(N)=O)C(=O)Nc1ccc(COC(=O)O)cc1.CCCC.CCCCC. The average molecular weight is 781 g/mol. The minimum atomic E-state index is -1.41. The monoisotopic (exact) mass is 780 g/mol. The second kappa shape index (κ2) is 29.1. The van der Waals surface area contributed by atoms with Crippen LogP contribution in [0, 0.1) is 5.92 Å². The number of amides is 7. The first-order valence-electron chi connectivity index (χ1n) is 19.0. The Bertz CT molecular complexity index is 1310. The Kier molecular flexibility index (Phi) is 26.7. The predicted molar refractivity (Wildman–Crippen MR) is 212 cm³/mol. The van der Waals surface area contributed by atoms with Gasteiger partial charge >= 0.3 is 12.2 Å². The first kappa shape index (κ1) is 49.7. The van der Waals surface area contributed by atoms with Crippen LogP contribution in [-0.4, -0.2) is 82.2 Å². The summed E-state index contributed by atoms with van der Waals surface area (Å²) in [6, 6.07) is 3.60. The summed E-state index contributed by atoms with van der Waals surface area (Å²) in [7, 11) is 0. The Labute approximate surface area is 326 Å². The van der Waals surface area contributed by atoms with Crippen molar-refractivity contribution in [2.24, 2.45) is 11.7 Å². The summed E-state index contributed by atoms with van der Waals surface area (Å²) in [6.07, 6.45) is 7.61. The van der Waals surface area contributed by atoms with Gasteiger partial charge in [-0.2, -0.15) is 12.6 Å². The molecule has 0 bridgehead atoms. The van der Waals surface area contributed by atoms with Gasteiger partial charge < -0.3 is 36.8 Å². The van der Waals surface area contributed by atoms with Gasteiger partial charge in [-0.15, -0.1) is 0 Å². The number of nitrogens with two attached hydrogens (primary N) is 1. The molecule has 0 aliphatic carbocycles. The number of likely N-dealkylation sites (tertiary alicyclic amines) is 1. The molecule has 15 nitrogen and oxygen atoms in total. The molecule has 0 radical (unpaired) electrons. The van der Waals surface area contributed by atoms with Gasteiger partial charge in [0.2, 0.25) is 29.5 Å². The number of unbranched alkanes of at least 4 members (excludes halogenated alkanes) is 5. The molecule has 7 amide bonds. The van der Waals surface area contributed by atoms with Crippen LogP contribution in [0.1, 0.15) is 124 Å². The van der Waals surface area contributed by atoms with Crippen molar-refractivity contribution in [1.82, 2.24) is 20.9 Å². The summed E-state index contributed by atoms with van der Waals surface area (Å²) in [4.78, 5) is 85.8. The fourth-order valence-corrected chi connectivity index (χ4v) is 5.17. The van der Waals surface area contributed by atoms with Crippen LogP contribution in [0.3, 0.4) is 0 Å². The lowest BCUT2D eigenvalue weighted by molar-refractivity contribution is -0.138. The summed E-state index contributed by atoms with van der Waals surface area (Å²) in [5, 5.41) is 18.6. The summed E-state index contributed by atoms with van der Waals surface area (Å²) >= 11 is 4.10. The Morgan fingerprint density at radius 1 is 0.889 bits per heavy atom. The van der Waals surface area contributed by atoms with Crippen molar-refractivity contribution in [3.63, 3.8) is 0 Å². The van der Waals surface area contributed by atoms with Crippen LogP contribution < -0.4 is 27.0 Å². The van der Waals surface area contributed by atoms with E-state index >= 15 is 0 Å². The number of carbonyl (C=O) groups excluding carboxylic acids is 6. The number of carboxylic acid groups (broad SMARTS) is 1. The molecule has 1 fully saturated rings. The molecule has 306 valence electrons. The number of rotatable bonds is 21. The van der Waals surface area contributed by atoms with Crippen molar-refractivity contribution in [1.29, 1.82) is 0 Å². The predicted octanol–water partition coefficient (Wildman–Crippen LogP) is 5.51. The van der Waals surface area contributed by atoms with Gasteiger partial charge in [-0.05, 0) is 49.3 Å². The number of hydrogen-bond acceptors (Lipinski definition) is 9. The lowest BCUT2D eigenvalue weighted by Crippen LogP contribution is -2.54. The van der Waals surface area contributed by atoms with Crippen LogP contribution in [0.5, 0.6) is 0 Å². The topological polar surface area (TPSA) is 226 Å². The minimum Gasteiger partial charge on any atom is -0.450 e. The van der Waals surface area contributed by atoms with Crippen molar-refractivity contribution in [2.75, 3.05) is 18.4 Å². The van der Waals surface area contributed by atoms with Gasteiger partial charge in [-0.25, -0.2) is 9.59 Å². The maximum atomic E-state index is 13.3. The number of ether oxygens (including phenoxy) is 1. The third-order valence-electron chi connectivity index (χ3n) is 8.16. The molecule has 0 aromatic heterocycles. The molecule has 1 saturated heterocycles. The number of benzene rings is 1. The molecule has 54 heavy (non-hydrogen) atoms. The fraction of sp³-hybridized carbons (Fsp3) is 0.658. The maximum Gasteiger partial charge on any atom is 0.506 e. The molecule has 16 heteroatoms. The summed E-state index contributed by atoms with van der Waals surface area (Å²) < 4.78 is 4.52. The standard InChI is InChI=1S/C29H42N6O9S.C5H12.C4H10/c1-17(2)24(34-22(36)8-4-3-5-14-35-23(37)15-21(45)27(35)40)26(39)33-20(7-6-13-31-28(30)41)25(38)32-19-11-9-18(10-12-19)16-44-29(42)43;1-3-5-4-2;1-3-4-2/h9-12,17,20-21,24,45H,3-8,13-16H2,1-2H3,(H,32,38)(H,33,39)(H,34,36)(H,42,43)(H3,30,31,41);3-5H2,1-2H3;3-4H2,1-2H3/t20-,21?,24?;;/m0../s1. The largest absolute Gasteiger partial charge is 0.506 e. The molecule has 1 aromatic carbocycles. The van der Waals surface area contributed by atoms with Crippen molar-refractivity contribution < 1.29 is 43.4 Å². The van der Waals surface area contributed by atoms with Crippen molar-refractivity contribution in [3.05, 3.63) is 29.8 Å². The van der Waals surface area contributed by atoms with Crippen molar-refractivity contribution in [2.45, 2.75) is 143 Å². The quantitative estimate of drug-likeness (QED) is 0.0361. The maximum absolute atomic E-state index is 13.3. The minimum absolute atomic E-state index is 0.0922. The number of primary amides is 1. The summed E-state index contributed by atoms with van der Waals surface area (Å²) in [6.45, 7) is 12.6. The van der Waals surface area contributed by atoms with Gasteiger partial charge in [-0.3, -0.25) is 28.9 Å². The smallest absolute Gasteiger partial charge is 0.450 e. The Hall–Kier alpha value is -4.34. The average Bonchev–Trinajstić information content (AvgIpc) is 3.37. The van der Waals surface area contributed by atoms with E-state index < -0.39 is 41.3 Å². The normalized spacial score (nSPS) is 14.4. The second-order valence-electron chi connectivity index (χ2n) is 13.3. The zero-order chi connectivity index (χ0) is 41.1. The third-order valence-corrected chi connectivity index (χ3v) is 8.57. The van der Waals surface area contributed by atoms with E-state index in [1.807, 2.05) is 0 Å². The van der Waals surface area contributed by atoms with Crippen LogP contribution in [0.2, 0.25) is 0 Å². The van der Waals surface area contributed by atoms with E-state index in [9.17, 15) is 33.6 Å². The highest BCUT2D eigenvalue weighted by atomic mass is 32.1. The Morgan fingerprint density at radius 3 is 2.00 bits per heavy atom. The molecule has 1 aliphatic rings. The molecule has 1 aliphatic heterocycles. The number of nitrogens with zero attached hydrogens (tertiary/aromatic N) is 1. The zero-order valence-electron chi connectivity index (χ0n) is 32.9. The van der Waals surface area contributed by atoms with Crippen LogP contribution in [0.4, 0.5) is 15.3 Å². The van der Waals surface area contributed by atoms with Crippen molar-refractivity contribution >= 4 is 60.0 Å². The summed E-state index contributed by atoms with van der Waals surface area (Å²) in [5.41, 5.74) is 6.07. The molecular weight excluding hydrogens is 717 g/mol. The molecule has 3 atom stereocenters. The number of imide groups is 1. The van der Waals surface area contributed by atoms with Gasteiger partial charge in [0.15, 0.2) is 0 Å². The van der Waals surface area contributed by atoms with E-state index in [0.29, 0.717) is 36.9 Å².